The molecular weight excluding hydrogens is 615 g/mol. The molecule has 2 amide bonds. The third kappa shape index (κ3) is 7.96. The van der Waals surface area contributed by atoms with E-state index in [-0.39, 0.29) is 24.8 Å². The Morgan fingerprint density at radius 3 is 2.14 bits per heavy atom. The van der Waals surface area contributed by atoms with E-state index >= 15 is 0 Å². The number of aromatic amines is 2. The number of aromatic nitrogens is 4. The van der Waals surface area contributed by atoms with Crippen molar-refractivity contribution in [1.29, 1.82) is 0 Å². The van der Waals surface area contributed by atoms with Crippen LogP contribution in [0.25, 0.3) is 11.3 Å². The highest BCUT2D eigenvalue weighted by atomic mass is 35.6. The van der Waals surface area contributed by atoms with Crippen LogP contribution in [0, 0.1) is 11.8 Å². The molecule has 2 aromatic heterocycles. The number of alkyl halides is 3. The maximum Gasteiger partial charge on any atom is 0.410 e. The quantitative estimate of drug-likeness (QED) is 0.235. The lowest BCUT2D eigenvalue weighted by molar-refractivity contribution is 0.0218. The van der Waals surface area contributed by atoms with Crippen molar-refractivity contribution < 1.29 is 19.1 Å². The van der Waals surface area contributed by atoms with Crippen LogP contribution in [0.4, 0.5) is 9.59 Å². The van der Waals surface area contributed by atoms with Crippen molar-refractivity contribution >= 4 is 47.0 Å². The predicted molar refractivity (Wildman–Crippen MR) is 164 cm³/mol. The number of imidazole rings is 2. The summed E-state index contributed by atoms with van der Waals surface area (Å²) in [6.45, 7) is 6.42. The van der Waals surface area contributed by atoms with Gasteiger partial charge in [-0.3, -0.25) is 9.80 Å². The minimum Gasteiger partial charge on any atom is -0.445 e. The fourth-order valence-electron chi connectivity index (χ4n) is 5.17. The highest BCUT2D eigenvalue weighted by Gasteiger charge is 2.36. The maximum absolute atomic E-state index is 12.7. The molecule has 1 aromatic carbocycles. The fraction of sp³-hybridized carbons (Fsp3) is 0.467. The van der Waals surface area contributed by atoms with Gasteiger partial charge in [0, 0.05) is 36.6 Å². The SMILES string of the molecule is CC(C)(C)OC(=O)N1CCC[C@H]1c1nc(C#Cc2ccc(-c3c[nH]c([C@@H]4CCCN4C(=O)OCC(Cl)(Cl)Cl)n3)cc2)c[nH]1. The zero-order valence-electron chi connectivity index (χ0n) is 24.1. The second-order valence-corrected chi connectivity index (χ2v) is 14.0. The van der Waals surface area contributed by atoms with Crippen LogP contribution in [0.5, 0.6) is 0 Å². The smallest absolute Gasteiger partial charge is 0.410 e. The normalized spacial score (nSPS) is 18.8. The third-order valence-electron chi connectivity index (χ3n) is 7.07. The lowest BCUT2D eigenvalue weighted by Crippen LogP contribution is -2.36. The molecule has 2 N–H and O–H groups in total. The molecule has 0 aliphatic carbocycles. The molecule has 0 bridgehead atoms. The van der Waals surface area contributed by atoms with E-state index in [1.807, 2.05) is 51.2 Å². The number of ether oxygens (including phenoxy) is 2. The molecule has 3 aromatic rings. The zero-order valence-corrected chi connectivity index (χ0v) is 26.4. The van der Waals surface area contributed by atoms with Gasteiger partial charge in [-0.15, -0.1) is 0 Å². The Hall–Kier alpha value is -3.39. The molecule has 13 heteroatoms. The number of rotatable bonds is 4. The Balaban J connectivity index is 1.21. The summed E-state index contributed by atoms with van der Waals surface area (Å²) in [6, 6.07) is 7.31. The van der Waals surface area contributed by atoms with Gasteiger partial charge >= 0.3 is 12.2 Å². The number of hydrogen-bond donors (Lipinski definition) is 2. The van der Waals surface area contributed by atoms with Crippen LogP contribution in [0.1, 0.15) is 81.4 Å². The van der Waals surface area contributed by atoms with Gasteiger partial charge in [-0.05, 0) is 64.5 Å². The first-order valence-corrected chi connectivity index (χ1v) is 15.2. The van der Waals surface area contributed by atoms with E-state index in [1.54, 1.807) is 16.0 Å². The molecule has 0 unspecified atom stereocenters. The van der Waals surface area contributed by atoms with E-state index in [4.69, 9.17) is 49.3 Å². The van der Waals surface area contributed by atoms with Crippen molar-refractivity contribution in [3.05, 3.63) is 59.6 Å². The molecule has 2 atom stereocenters. The summed E-state index contributed by atoms with van der Waals surface area (Å²) in [4.78, 5) is 44.3. The molecule has 0 saturated carbocycles. The van der Waals surface area contributed by atoms with Crippen LogP contribution < -0.4 is 0 Å². The lowest BCUT2D eigenvalue weighted by Gasteiger charge is -2.27. The monoisotopic (exact) mass is 646 g/mol. The zero-order chi connectivity index (χ0) is 30.8. The fourth-order valence-corrected chi connectivity index (χ4v) is 5.34. The van der Waals surface area contributed by atoms with Gasteiger partial charge in [-0.25, -0.2) is 19.6 Å². The van der Waals surface area contributed by atoms with Gasteiger partial charge in [0.1, 0.15) is 29.6 Å². The van der Waals surface area contributed by atoms with Crippen LogP contribution in [0.2, 0.25) is 0 Å². The van der Waals surface area contributed by atoms with Crippen LogP contribution in [0.3, 0.4) is 0 Å². The van der Waals surface area contributed by atoms with Gasteiger partial charge in [0.05, 0.1) is 17.8 Å². The average molecular weight is 648 g/mol. The molecule has 0 radical (unpaired) electrons. The molecule has 2 aliphatic rings. The van der Waals surface area contributed by atoms with E-state index in [0.717, 1.165) is 42.5 Å². The molecule has 2 fully saturated rings. The summed E-state index contributed by atoms with van der Waals surface area (Å²) in [7, 11) is 0. The summed E-state index contributed by atoms with van der Waals surface area (Å²) in [6.07, 6.45) is 5.97. The van der Waals surface area contributed by atoms with Crippen molar-refractivity contribution in [2.24, 2.45) is 0 Å². The number of hydrogen-bond acceptors (Lipinski definition) is 6. The molecule has 4 heterocycles. The standard InChI is InChI=1S/C30H33Cl3N6O4/c1-29(2,3)43-28(41)39-15-5-6-23(39)25-34-16-21(36-25)13-10-19-8-11-20(12-9-19)22-17-35-26(37-22)24-7-4-14-38(24)27(40)42-18-30(31,32)33/h8-9,11-12,16-17,23-24H,4-7,14-15,18H2,1-3H3,(H,34,36)(H,35,37)/t23-,24-/m0/s1. The largest absolute Gasteiger partial charge is 0.445 e. The van der Waals surface area contributed by atoms with E-state index < -0.39 is 15.5 Å². The number of carbonyl (C=O) groups is 2. The Morgan fingerprint density at radius 1 is 0.907 bits per heavy atom. The van der Waals surface area contributed by atoms with Crippen molar-refractivity contribution in [2.45, 2.75) is 67.9 Å². The number of carbonyl (C=O) groups excluding carboxylic acids is 2. The highest BCUT2D eigenvalue weighted by Crippen LogP contribution is 2.34. The Bertz CT molecular complexity index is 1510. The number of amides is 2. The van der Waals surface area contributed by atoms with Gasteiger partial charge in [-0.2, -0.15) is 0 Å². The van der Waals surface area contributed by atoms with Crippen LogP contribution in [0.15, 0.2) is 36.7 Å². The highest BCUT2D eigenvalue weighted by molar-refractivity contribution is 6.67. The molecule has 2 aliphatic heterocycles. The third-order valence-corrected chi connectivity index (χ3v) is 7.40. The van der Waals surface area contributed by atoms with Crippen LogP contribution >= 0.6 is 34.8 Å². The van der Waals surface area contributed by atoms with Gasteiger partial charge in [-0.1, -0.05) is 52.9 Å². The molecular formula is C30H33Cl3N6O4. The number of halogens is 3. The summed E-state index contributed by atoms with van der Waals surface area (Å²) in [5.74, 6) is 7.62. The van der Waals surface area contributed by atoms with E-state index in [9.17, 15) is 9.59 Å². The predicted octanol–water partition coefficient (Wildman–Crippen LogP) is 6.92. The number of likely N-dealkylation sites (tertiary alicyclic amines) is 2. The molecule has 10 nitrogen and oxygen atoms in total. The van der Waals surface area contributed by atoms with Crippen LogP contribution in [-0.4, -0.2) is 71.0 Å². The summed E-state index contributed by atoms with van der Waals surface area (Å²) in [5.41, 5.74) is 2.52. The Labute approximate surface area is 265 Å². The van der Waals surface area contributed by atoms with E-state index in [0.29, 0.717) is 30.4 Å². The van der Waals surface area contributed by atoms with Crippen molar-refractivity contribution in [1.82, 2.24) is 29.7 Å². The van der Waals surface area contributed by atoms with Gasteiger partial charge in [0.15, 0.2) is 0 Å². The van der Waals surface area contributed by atoms with Gasteiger partial charge in [0.2, 0.25) is 3.79 Å². The number of H-pyrrole nitrogens is 2. The summed E-state index contributed by atoms with van der Waals surface area (Å²) < 4.78 is 9.07. The second-order valence-electron chi connectivity index (χ2n) is 11.5. The summed E-state index contributed by atoms with van der Waals surface area (Å²) >= 11 is 17.1. The number of nitrogens with zero attached hydrogens (tertiary/aromatic N) is 4. The number of nitrogens with one attached hydrogen (secondary N) is 2. The second kappa shape index (κ2) is 12.7. The Morgan fingerprint density at radius 2 is 1.51 bits per heavy atom. The van der Waals surface area contributed by atoms with E-state index in [2.05, 4.69) is 26.8 Å². The average Bonchev–Trinajstić information content (AvgIpc) is 3.75. The number of benzene rings is 1. The molecule has 228 valence electrons. The molecule has 0 spiro atoms. The summed E-state index contributed by atoms with van der Waals surface area (Å²) in [5, 5.41) is 0. The van der Waals surface area contributed by atoms with Crippen molar-refractivity contribution in [3.63, 3.8) is 0 Å². The topological polar surface area (TPSA) is 116 Å². The van der Waals surface area contributed by atoms with E-state index in [1.165, 1.54) is 0 Å². The first-order valence-electron chi connectivity index (χ1n) is 14.1. The van der Waals surface area contributed by atoms with Gasteiger partial charge in [0.25, 0.3) is 0 Å². The minimum atomic E-state index is -1.67. The van der Waals surface area contributed by atoms with Crippen LogP contribution in [-0.2, 0) is 9.47 Å². The molecule has 5 rings (SSSR count). The lowest BCUT2D eigenvalue weighted by atomic mass is 10.1. The first kappa shape index (κ1) is 31.0. The minimum absolute atomic E-state index is 0.160. The first-order chi connectivity index (χ1) is 20.4. The van der Waals surface area contributed by atoms with Crippen molar-refractivity contribution in [2.75, 3.05) is 19.7 Å². The Kier molecular flexibility index (Phi) is 9.16. The van der Waals surface area contributed by atoms with Crippen molar-refractivity contribution in [3.8, 4) is 23.1 Å². The molecule has 2 saturated heterocycles. The molecule has 43 heavy (non-hydrogen) atoms. The van der Waals surface area contributed by atoms with Gasteiger partial charge < -0.3 is 19.4 Å². The maximum atomic E-state index is 12.7.